The summed E-state index contributed by atoms with van der Waals surface area (Å²) in [5, 5.41) is 5.46. The van der Waals surface area contributed by atoms with E-state index < -0.39 is 0 Å². The Kier molecular flexibility index (Phi) is 15.6. The van der Waals surface area contributed by atoms with Crippen LogP contribution in [-0.4, -0.2) is 34.0 Å². The number of imidazole rings is 1. The molecule has 0 aliphatic heterocycles. The lowest BCUT2D eigenvalue weighted by Gasteiger charge is -2.04. The number of carbonyl (C=O) groups is 2. The number of nitrogens with one attached hydrogen (secondary N) is 2. The molecule has 0 bridgehead atoms. The second-order valence-corrected chi connectivity index (χ2v) is 7.25. The molecule has 1 aromatic rings. The Balaban J connectivity index is 0. The Bertz CT molecular complexity index is 494. The highest BCUT2D eigenvalue weighted by atomic mass is 16.2. The monoisotopic (exact) mass is 368 g/mol. The molecule has 0 radical (unpaired) electrons. The SMILES string of the molecule is CC(C)Cc1cn(C)cn1.CCC(=O)NC(C)C.CCNC(=O)C(C)C. The van der Waals surface area contributed by atoms with E-state index in [0.717, 1.165) is 13.0 Å². The fourth-order valence-electron chi connectivity index (χ4n) is 1.79. The average Bonchev–Trinajstić information content (AvgIpc) is 2.92. The van der Waals surface area contributed by atoms with Crippen molar-refractivity contribution in [3.63, 3.8) is 0 Å². The maximum absolute atomic E-state index is 10.6. The third kappa shape index (κ3) is 17.0. The van der Waals surface area contributed by atoms with E-state index in [2.05, 4.69) is 35.7 Å². The fourth-order valence-corrected chi connectivity index (χ4v) is 1.79. The Morgan fingerprint density at radius 2 is 1.69 bits per heavy atom. The van der Waals surface area contributed by atoms with Crippen molar-refractivity contribution >= 4 is 11.8 Å². The van der Waals surface area contributed by atoms with Crippen molar-refractivity contribution in [3.8, 4) is 0 Å². The van der Waals surface area contributed by atoms with Crippen LogP contribution in [0.3, 0.4) is 0 Å². The number of carbonyl (C=O) groups excluding carboxylic acids is 2. The van der Waals surface area contributed by atoms with Crippen LogP contribution in [0.2, 0.25) is 0 Å². The minimum absolute atomic E-state index is 0.120. The van der Waals surface area contributed by atoms with E-state index in [1.165, 1.54) is 5.69 Å². The van der Waals surface area contributed by atoms with Gasteiger partial charge in [0.15, 0.2) is 0 Å². The molecular weight excluding hydrogens is 328 g/mol. The highest BCUT2D eigenvalue weighted by Crippen LogP contribution is 2.03. The zero-order chi connectivity index (χ0) is 20.7. The molecule has 1 aromatic heterocycles. The van der Waals surface area contributed by atoms with Gasteiger partial charge in [-0.2, -0.15) is 0 Å². The largest absolute Gasteiger partial charge is 0.356 e. The van der Waals surface area contributed by atoms with Gasteiger partial charge < -0.3 is 15.2 Å². The van der Waals surface area contributed by atoms with Gasteiger partial charge in [0.25, 0.3) is 0 Å². The maximum Gasteiger partial charge on any atom is 0.222 e. The molecule has 0 fully saturated rings. The predicted octanol–water partition coefficient (Wildman–Crippen LogP) is 3.32. The van der Waals surface area contributed by atoms with Crippen LogP contribution in [0.25, 0.3) is 0 Å². The zero-order valence-corrected chi connectivity index (χ0v) is 18.2. The Labute approximate surface area is 160 Å². The van der Waals surface area contributed by atoms with Crippen LogP contribution in [0.1, 0.15) is 67.5 Å². The van der Waals surface area contributed by atoms with E-state index in [-0.39, 0.29) is 23.8 Å². The van der Waals surface area contributed by atoms with E-state index in [4.69, 9.17) is 0 Å². The van der Waals surface area contributed by atoms with Crippen molar-refractivity contribution < 1.29 is 9.59 Å². The lowest BCUT2D eigenvalue weighted by Crippen LogP contribution is -2.29. The van der Waals surface area contributed by atoms with Crippen molar-refractivity contribution in [3.05, 3.63) is 18.2 Å². The Morgan fingerprint density at radius 3 is 1.92 bits per heavy atom. The molecule has 0 aliphatic rings. The summed E-state index contributed by atoms with van der Waals surface area (Å²) in [5.41, 5.74) is 1.19. The van der Waals surface area contributed by atoms with Gasteiger partial charge in [0, 0.05) is 38.2 Å². The molecular formula is C20H40N4O2. The molecule has 0 atom stereocenters. The van der Waals surface area contributed by atoms with Crippen LogP contribution in [-0.2, 0) is 23.1 Å². The van der Waals surface area contributed by atoms with Gasteiger partial charge in [-0.15, -0.1) is 0 Å². The van der Waals surface area contributed by atoms with Gasteiger partial charge in [0.1, 0.15) is 0 Å². The minimum Gasteiger partial charge on any atom is -0.356 e. The van der Waals surface area contributed by atoms with E-state index in [0.29, 0.717) is 12.3 Å². The van der Waals surface area contributed by atoms with Gasteiger partial charge in [0.05, 0.1) is 12.0 Å². The first-order chi connectivity index (χ1) is 12.0. The van der Waals surface area contributed by atoms with Crippen LogP contribution >= 0.6 is 0 Å². The number of aromatic nitrogens is 2. The van der Waals surface area contributed by atoms with E-state index in [1.54, 1.807) is 0 Å². The van der Waals surface area contributed by atoms with Gasteiger partial charge in [-0.25, -0.2) is 4.98 Å². The minimum atomic E-state index is 0.120. The number of rotatable bonds is 6. The van der Waals surface area contributed by atoms with Crippen LogP contribution in [0.15, 0.2) is 12.5 Å². The maximum atomic E-state index is 10.6. The number of hydrogen-bond donors (Lipinski definition) is 2. The van der Waals surface area contributed by atoms with Gasteiger partial charge in [-0.1, -0.05) is 34.6 Å². The zero-order valence-electron chi connectivity index (χ0n) is 18.2. The molecule has 6 nitrogen and oxygen atoms in total. The molecule has 1 rings (SSSR count). The fraction of sp³-hybridized carbons (Fsp3) is 0.750. The average molecular weight is 369 g/mol. The smallest absolute Gasteiger partial charge is 0.222 e. The first-order valence-corrected chi connectivity index (χ1v) is 9.57. The molecule has 0 spiro atoms. The molecule has 2 N–H and O–H groups in total. The van der Waals surface area contributed by atoms with Gasteiger partial charge in [-0.05, 0) is 33.1 Å². The van der Waals surface area contributed by atoms with Crippen LogP contribution in [0, 0.1) is 11.8 Å². The molecule has 0 saturated carbocycles. The molecule has 2 amide bonds. The molecule has 0 aromatic carbocycles. The van der Waals surface area contributed by atoms with Crippen molar-refractivity contribution in [1.82, 2.24) is 20.2 Å². The van der Waals surface area contributed by atoms with Gasteiger partial charge in [0.2, 0.25) is 11.8 Å². The van der Waals surface area contributed by atoms with Crippen molar-refractivity contribution in [2.75, 3.05) is 6.54 Å². The molecule has 0 unspecified atom stereocenters. The van der Waals surface area contributed by atoms with Crippen LogP contribution in [0.5, 0.6) is 0 Å². The quantitative estimate of drug-likeness (QED) is 0.809. The van der Waals surface area contributed by atoms with Crippen molar-refractivity contribution in [2.24, 2.45) is 18.9 Å². The summed E-state index contributed by atoms with van der Waals surface area (Å²) < 4.78 is 1.98. The molecule has 26 heavy (non-hydrogen) atoms. The number of amides is 2. The molecule has 0 aliphatic carbocycles. The summed E-state index contributed by atoms with van der Waals surface area (Å²) in [4.78, 5) is 25.4. The summed E-state index contributed by atoms with van der Waals surface area (Å²) in [7, 11) is 2.00. The van der Waals surface area contributed by atoms with E-state index in [1.807, 2.05) is 59.5 Å². The summed E-state index contributed by atoms with van der Waals surface area (Å²) >= 11 is 0. The molecule has 152 valence electrons. The van der Waals surface area contributed by atoms with Crippen LogP contribution < -0.4 is 10.6 Å². The Hall–Kier alpha value is -1.85. The highest BCUT2D eigenvalue weighted by Gasteiger charge is 2.02. The molecule has 6 heteroatoms. The lowest BCUT2D eigenvalue weighted by atomic mass is 10.1. The third-order valence-corrected chi connectivity index (χ3v) is 3.02. The lowest BCUT2D eigenvalue weighted by molar-refractivity contribution is -0.124. The molecule has 1 heterocycles. The Morgan fingerprint density at radius 1 is 1.12 bits per heavy atom. The number of nitrogens with zero attached hydrogens (tertiary/aromatic N) is 2. The van der Waals surface area contributed by atoms with E-state index >= 15 is 0 Å². The summed E-state index contributed by atoms with van der Waals surface area (Å²) in [6, 6.07) is 0.280. The second-order valence-electron chi connectivity index (χ2n) is 7.25. The highest BCUT2D eigenvalue weighted by molar-refractivity contribution is 5.77. The van der Waals surface area contributed by atoms with Gasteiger partial charge >= 0.3 is 0 Å². The normalized spacial score (nSPS) is 10.0. The number of aryl methyl sites for hydroxylation is 1. The summed E-state index contributed by atoms with van der Waals surface area (Å²) in [5.74, 6) is 1.08. The summed E-state index contributed by atoms with van der Waals surface area (Å²) in [6.07, 6.45) is 5.58. The van der Waals surface area contributed by atoms with Gasteiger partial charge in [-0.3, -0.25) is 9.59 Å². The van der Waals surface area contributed by atoms with Crippen molar-refractivity contribution in [2.45, 2.75) is 74.3 Å². The first kappa shape index (κ1) is 26.4. The van der Waals surface area contributed by atoms with Crippen molar-refractivity contribution in [1.29, 1.82) is 0 Å². The standard InChI is InChI=1S/C8H14N2.2C6H13NO/c1-7(2)4-8-5-10(3)6-9-8;1-4-7-6(8)5(2)3;1-4-6(8)7-5(2)3/h5-7H,4H2,1-3H3;2*5H,4H2,1-3H3,(H,7,8). The predicted molar refractivity (Wildman–Crippen MR) is 109 cm³/mol. The summed E-state index contributed by atoms with van der Waals surface area (Å²) in [6.45, 7) is 16.6. The van der Waals surface area contributed by atoms with Crippen LogP contribution in [0.4, 0.5) is 0 Å². The second kappa shape index (κ2) is 15.4. The topological polar surface area (TPSA) is 76.0 Å². The van der Waals surface area contributed by atoms with E-state index in [9.17, 15) is 9.59 Å². The molecule has 0 saturated heterocycles. The number of hydrogen-bond acceptors (Lipinski definition) is 3. The third-order valence-electron chi connectivity index (χ3n) is 3.02. The first-order valence-electron chi connectivity index (χ1n) is 9.57.